The maximum absolute atomic E-state index is 13.6. The number of piperazine rings is 1. The van der Waals surface area contributed by atoms with Gasteiger partial charge in [0.2, 0.25) is 0 Å². The summed E-state index contributed by atoms with van der Waals surface area (Å²) in [4.78, 5) is 16.9. The summed E-state index contributed by atoms with van der Waals surface area (Å²) >= 11 is 0. The zero-order valence-electron chi connectivity index (χ0n) is 18.0. The van der Waals surface area contributed by atoms with E-state index in [0.29, 0.717) is 6.42 Å². The maximum Gasteiger partial charge on any atom is 0.166 e. The van der Waals surface area contributed by atoms with Crippen LogP contribution in [0.1, 0.15) is 49.5 Å². The van der Waals surface area contributed by atoms with Crippen molar-refractivity contribution >= 4 is 23.9 Å². The van der Waals surface area contributed by atoms with Crippen LogP contribution in [0.4, 0.5) is 10.1 Å². The number of benzene rings is 2. The summed E-state index contributed by atoms with van der Waals surface area (Å²) in [6, 6.07) is 12.5. The molecule has 1 aliphatic heterocycles. The van der Waals surface area contributed by atoms with Crippen LogP contribution in [-0.4, -0.2) is 48.5 Å². The van der Waals surface area contributed by atoms with Crippen LogP contribution in [0.15, 0.2) is 42.5 Å². The van der Waals surface area contributed by atoms with Gasteiger partial charge in [0.1, 0.15) is 0 Å². The molecule has 0 bridgehead atoms. The van der Waals surface area contributed by atoms with Crippen molar-refractivity contribution in [2.24, 2.45) is 0 Å². The Kier molecular flexibility index (Phi) is 8.27. The van der Waals surface area contributed by atoms with Crippen molar-refractivity contribution in [3.05, 3.63) is 59.4 Å². The third kappa shape index (κ3) is 6.19. The van der Waals surface area contributed by atoms with E-state index in [9.17, 15) is 14.3 Å². The van der Waals surface area contributed by atoms with Gasteiger partial charge in [0.25, 0.3) is 0 Å². The van der Waals surface area contributed by atoms with Gasteiger partial charge in [0.05, 0.1) is 0 Å². The molecule has 4 nitrogen and oxygen atoms in total. The zero-order chi connectivity index (χ0) is 21.0. The predicted molar refractivity (Wildman–Crippen MR) is 123 cm³/mol. The number of nitrogens with zero attached hydrogens (tertiary/aromatic N) is 2. The Morgan fingerprint density at radius 3 is 2.23 bits per heavy atom. The van der Waals surface area contributed by atoms with E-state index >= 15 is 0 Å². The van der Waals surface area contributed by atoms with Gasteiger partial charge in [0, 0.05) is 49.9 Å². The van der Waals surface area contributed by atoms with Crippen molar-refractivity contribution in [1.82, 2.24) is 4.90 Å². The number of rotatable bonds is 6. The summed E-state index contributed by atoms with van der Waals surface area (Å²) in [6.07, 6.45) is 1.39. The smallest absolute Gasteiger partial charge is 0.166 e. The van der Waals surface area contributed by atoms with Crippen LogP contribution in [0.25, 0.3) is 0 Å². The summed E-state index contributed by atoms with van der Waals surface area (Å²) in [7, 11) is 0. The molecule has 0 aromatic heterocycles. The SMILES string of the molecule is CC(C)(C)c1ccc(C(=O)CCCN2CCN(c3ccc(O)c(F)c3)CC2)cc1.Cl. The van der Waals surface area contributed by atoms with Crippen molar-refractivity contribution in [3.8, 4) is 5.75 Å². The molecule has 0 amide bonds. The first-order chi connectivity index (χ1) is 13.7. The predicted octanol–water partition coefficient (Wildman–Crippen LogP) is 5.04. The normalized spacial score (nSPS) is 15.0. The minimum atomic E-state index is -0.584. The molecule has 1 N–H and O–H groups in total. The van der Waals surface area contributed by atoms with E-state index in [-0.39, 0.29) is 29.4 Å². The van der Waals surface area contributed by atoms with E-state index in [1.165, 1.54) is 17.7 Å². The molecule has 164 valence electrons. The maximum atomic E-state index is 13.6. The Hall–Kier alpha value is -2.11. The number of phenolic OH excluding ortho intramolecular Hbond substituents is 1. The second-order valence-electron chi connectivity index (χ2n) is 8.82. The van der Waals surface area contributed by atoms with Gasteiger partial charge in [0.15, 0.2) is 17.3 Å². The number of phenols is 1. The molecule has 1 fully saturated rings. The standard InChI is InChI=1S/C24H31FN2O2.ClH/c1-24(2,3)19-8-6-18(7-9-19)22(28)5-4-12-26-13-15-27(16-14-26)20-10-11-23(29)21(25)17-20;/h6-11,17,29H,4-5,12-16H2,1-3H3;1H. The van der Waals surface area contributed by atoms with Crippen LogP contribution in [0, 0.1) is 5.82 Å². The lowest BCUT2D eigenvalue weighted by molar-refractivity contribution is 0.0974. The summed E-state index contributed by atoms with van der Waals surface area (Å²) in [5.41, 5.74) is 2.92. The molecule has 3 rings (SSSR count). The highest BCUT2D eigenvalue weighted by Crippen LogP contribution is 2.24. The summed E-state index contributed by atoms with van der Waals surface area (Å²) in [5, 5.41) is 9.33. The lowest BCUT2D eigenvalue weighted by Crippen LogP contribution is -2.46. The Balaban J connectivity index is 0.00000320. The van der Waals surface area contributed by atoms with Crippen LogP contribution in [-0.2, 0) is 5.41 Å². The molecule has 0 saturated carbocycles. The number of carbonyl (C=O) groups excluding carboxylic acids is 1. The van der Waals surface area contributed by atoms with Gasteiger partial charge in [-0.05, 0) is 36.1 Å². The van der Waals surface area contributed by atoms with Gasteiger partial charge < -0.3 is 10.0 Å². The number of halogens is 2. The van der Waals surface area contributed by atoms with Crippen molar-refractivity contribution in [2.75, 3.05) is 37.6 Å². The Morgan fingerprint density at radius 2 is 1.67 bits per heavy atom. The number of ketones is 1. The quantitative estimate of drug-likeness (QED) is 0.647. The molecule has 2 aromatic rings. The van der Waals surface area contributed by atoms with Crippen molar-refractivity contribution in [3.63, 3.8) is 0 Å². The van der Waals surface area contributed by atoms with Gasteiger partial charge in [-0.1, -0.05) is 45.0 Å². The molecule has 1 heterocycles. The van der Waals surface area contributed by atoms with E-state index < -0.39 is 5.82 Å². The Morgan fingerprint density at radius 1 is 1.03 bits per heavy atom. The molecular weight excluding hydrogens is 403 g/mol. The third-order valence-electron chi connectivity index (χ3n) is 5.62. The first-order valence-electron chi connectivity index (χ1n) is 10.3. The molecule has 6 heteroatoms. The lowest BCUT2D eigenvalue weighted by atomic mass is 9.86. The number of carbonyl (C=O) groups is 1. The molecule has 30 heavy (non-hydrogen) atoms. The van der Waals surface area contributed by atoms with E-state index in [1.54, 1.807) is 6.07 Å². The molecular formula is C24H32ClFN2O2. The van der Waals surface area contributed by atoms with Gasteiger partial charge in [-0.15, -0.1) is 12.4 Å². The minimum absolute atomic E-state index is 0. The lowest BCUT2D eigenvalue weighted by Gasteiger charge is -2.36. The monoisotopic (exact) mass is 434 g/mol. The molecule has 0 aliphatic carbocycles. The molecule has 2 aromatic carbocycles. The number of hydrogen-bond donors (Lipinski definition) is 1. The largest absolute Gasteiger partial charge is 0.505 e. The van der Waals surface area contributed by atoms with Gasteiger partial charge in [-0.3, -0.25) is 9.69 Å². The fraction of sp³-hybridized carbons (Fsp3) is 0.458. The molecule has 1 saturated heterocycles. The van der Waals surface area contributed by atoms with Gasteiger partial charge in [-0.2, -0.15) is 0 Å². The first kappa shape index (κ1) is 24.2. The van der Waals surface area contributed by atoms with Gasteiger partial charge in [-0.25, -0.2) is 4.39 Å². The average Bonchev–Trinajstić information content (AvgIpc) is 2.70. The zero-order valence-corrected chi connectivity index (χ0v) is 18.8. The second kappa shape index (κ2) is 10.3. The fourth-order valence-electron chi connectivity index (χ4n) is 3.69. The van der Waals surface area contributed by atoms with Crippen molar-refractivity contribution < 1.29 is 14.3 Å². The summed E-state index contributed by atoms with van der Waals surface area (Å²) in [6.45, 7) is 10.8. The highest BCUT2D eigenvalue weighted by molar-refractivity contribution is 5.96. The van der Waals surface area contributed by atoms with E-state index in [2.05, 4.69) is 42.7 Å². The highest BCUT2D eigenvalue weighted by atomic mass is 35.5. The van der Waals surface area contributed by atoms with Crippen molar-refractivity contribution in [2.45, 2.75) is 39.0 Å². The fourth-order valence-corrected chi connectivity index (χ4v) is 3.69. The highest BCUT2D eigenvalue weighted by Gasteiger charge is 2.19. The number of Topliss-reactive ketones (excluding diaryl/α,β-unsaturated/α-hetero) is 1. The minimum Gasteiger partial charge on any atom is -0.505 e. The summed E-state index contributed by atoms with van der Waals surface area (Å²) < 4.78 is 13.6. The third-order valence-corrected chi connectivity index (χ3v) is 5.62. The summed E-state index contributed by atoms with van der Waals surface area (Å²) in [5.74, 6) is -0.701. The Bertz CT molecular complexity index is 841. The average molecular weight is 435 g/mol. The molecule has 0 radical (unpaired) electrons. The van der Waals surface area contributed by atoms with Gasteiger partial charge >= 0.3 is 0 Å². The molecule has 0 unspecified atom stereocenters. The Labute approximate surface area is 185 Å². The number of hydrogen-bond acceptors (Lipinski definition) is 4. The topological polar surface area (TPSA) is 43.8 Å². The van der Waals surface area contributed by atoms with E-state index in [4.69, 9.17) is 0 Å². The van der Waals surface area contributed by atoms with Crippen molar-refractivity contribution in [1.29, 1.82) is 0 Å². The molecule has 1 aliphatic rings. The second-order valence-corrected chi connectivity index (χ2v) is 8.82. The molecule has 0 spiro atoms. The van der Waals surface area contributed by atoms with Crippen LogP contribution < -0.4 is 4.90 Å². The van der Waals surface area contributed by atoms with Crippen LogP contribution in [0.5, 0.6) is 5.75 Å². The van der Waals surface area contributed by atoms with Crippen LogP contribution >= 0.6 is 12.4 Å². The number of aromatic hydroxyl groups is 1. The van der Waals surface area contributed by atoms with Crippen LogP contribution in [0.3, 0.4) is 0 Å². The van der Waals surface area contributed by atoms with Crippen LogP contribution in [0.2, 0.25) is 0 Å². The number of anilines is 1. The van der Waals surface area contributed by atoms with E-state index in [0.717, 1.165) is 50.4 Å². The molecule has 0 atom stereocenters. The first-order valence-corrected chi connectivity index (χ1v) is 10.3. The van der Waals surface area contributed by atoms with E-state index in [1.807, 2.05) is 12.1 Å².